The average molecular weight is 513 g/mol. The molecule has 0 radical (unpaired) electrons. The van der Waals surface area contributed by atoms with Gasteiger partial charge in [-0.15, -0.1) is 0 Å². The van der Waals surface area contributed by atoms with Crippen LogP contribution in [0, 0.1) is 29.8 Å². The van der Waals surface area contributed by atoms with E-state index >= 15 is 4.39 Å². The van der Waals surface area contributed by atoms with Gasteiger partial charge in [-0.25, -0.2) is 24.3 Å². The number of nitro benzene ring substituents is 1. The first kappa shape index (κ1) is 23.3. The van der Waals surface area contributed by atoms with Crippen LogP contribution in [0.15, 0.2) is 55.0 Å². The van der Waals surface area contributed by atoms with E-state index in [0.717, 1.165) is 0 Å². The lowest BCUT2D eigenvalue weighted by molar-refractivity contribution is -0.385. The topological polar surface area (TPSA) is 138 Å². The third-order valence-electron chi connectivity index (χ3n) is 6.60. The van der Waals surface area contributed by atoms with Crippen molar-refractivity contribution in [1.29, 1.82) is 0 Å². The molecule has 2 N–H and O–H groups in total. The highest BCUT2D eigenvalue weighted by Gasteiger charge is 2.33. The first-order valence-electron chi connectivity index (χ1n) is 11.7. The Morgan fingerprint density at radius 2 is 1.95 bits per heavy atom. The van der Waals surface area contributed by atoms with Crippen LogP contribution >= 0.6 is 0 Å². The predicted octanol–water partition coefficient (Wildman–Crippen LogP) is 5.08. The van der Waals surface area contributed by atoms with E-state index in [1.165, 1.54) is 30.7 Å². The molecule has 2 aromatic carbocycles. The number of aryl methyl sites for hydroxylation is 1. The van der Waals surface area contributed by atoms with Crippen molar-refractivity contribution in [1.82, 2.24) is 24.5 Å². The molecule has 0 unspecified atom stereocenters. The number of nitrogen functional groups attached to an aromatic ring is 1. The van der Waals surface area contributed by atoms with Crippen molar-refractivity contribution in [2.24, 2.45) is 0 Å². The summed E-state index contributed by atoms with van der Waals surface area (Å²) in [5, 5.41) is 12.2. The number of rotatable bonds is 5. The van der Waals surface area contributed by atoms with Gasteiger partial charge in [0.05, 0.1) is 21.6 Å². The molecule has 1 aliphatic heterocycles. The molecule has 12 heteroatoms. The maximum atomic E-state index is 15.4. The second-order valence-electron chi connectivity index (χ2n) is 8.87. The molecular weight excluding hydrogens is 491 g/mol. The first-order valence-corrected chi connectivity index (χ1v) is 11.7. The number of hydrogen-bond acceptors (Lipinski definition) is 9. The van der Waals surface area contributed by atoms with E-state index in [1.807, 2.05) is 15.5 Å². The Balaban J connectivity index is 1.52. The summed E-state index contributed by atoms with van der Waals surface area (Å²) in [6, 6.07) is 11.3. The molecule has 4 heterocycles. The Kier molecular flexibility index (Phi) is 5.37. The van der Waals surface area contributed by atoms with Crippen molar-refractivity contribution < 1.29 is 14.1 Å². The highest BCUT2D eigenvalue weighted by molar-refractivity contribution is 6.08. The maximum Gasteiger partial charge on any atom is 0.322 e. The third kappa shape index (κ3) is 3.65. The molecule has 190 valence electrons. The van der Waals surface area contributed by atoms with E-state index in [4.69, 9.17) is 10.5 Å². The number of anilines is 3. The van der Waals surface area contributed by atoms with E-state index < -0.39 is 10.7 Å². The number of aromatic nitrogens is 5. The monoisotopic (exact) mass is 512 g/mol. The second kappa shape index (κ2) is 8.76. The molecule has 6 rings (SSSR count). The Morgan fingerprint density at radius 3 is 2.71 bits per heavy atom. The largest absolute Gasteiger partial charge is 0.421 e. The zero-order chi connectivity index (χ0) is 26.6. The maximum absolute atomic E-state index is 15.4. The Hall–Kier alpha value is -5.13. The number of halogens is 1. The molecule has 0 amide bonds. The molecule has 0 spiro atoms. The van der Waals surface area contributed by atoms with Gasteiger partial charge >= 0.3 is 6.01 Å². The molecule has 0 bridgehead atoms. The van der Waals surface area contributed by atoms with Crippen molar-refractivity contribution in [3.63, 3.8) is 0 Å². The van der Waals surface area contributed by atoms with Crippen LogP contribution in [0.4, 0.5) is 27.4 Å². The van der Waals surface area contributed by atoms with Crippen LogP contribution in [0.25, 0.3) is 22.2 Å². The predicted molar refractivity (Wildman–Crippen MR) is 139 cm³/mol. The molecular formula is C26H21FN8O3. The van der Waals surface area contributed by atoms with Crippen molar-refractivity contribution in [2.75, 3.05) is 17.2 Å². The minimum Gasteiger partial charge on any atom is -0.421 e. The van der Waals surface area contributed by atoms with Gasteiger partial charge in [0.1, 0.15) is 23.6 Å². The smallest absolute Gasteiger partial charge is 0.322 e. The summed E-state index contributed by atoms with van der Waals surface area (Å²) in [5.41, 5.74) is 9.96. The number of hydrogen-bond donors (Lipinski definition) is 1. The SMILES string of the molecule is Cc1ccnc(Oc2ccc(-c3c4n(c5ncnc(N)c35)CCN4c3cccc([N+](=O)[O-])c3C)cc2F)n1. The van der Waals surface area contributed by atoms with Gasteiger partial charge in [0.25, 0.3) is 5.69 Å². The Morgan fingerprint density at radius 1 is 1.11 bits per heavy atom. The van der Waals surface area contributed by atoms with Gasteiger partial charge < -0.3 is 19.9 Å². The molecule has 0 fully saturated rings. The lowest BCUT2D eigenvalue weighted by atomic mass is 10.0. The standard InChI is InChI=1S/C26H21FN8O3/c1-14-8-9-29-26(32-14)38-20-7-6-16(12-17(20)27)21-22-23(28)30-13-31-24(22)34-11-10-33(25(21)34)18-4-3-5-19(15(18)2)35(36)37/h3-9,12-13H,10-11H2,1-2H3,(H2,28,30,31). The fraction of sp³-hybridized carbons (Fsp3) is 0.154. The summed E-state index contributed by atoms with van der Waals surface area (Å²) in [4.78, 5) is 30.0. The number of nitrogens with zero attached hydrogens (tertiary/aromatic N) is 7. The van der Waals surface area contributed by atoms with E-state index in [9.17, 15) is 10.1 Å². The van der Waals surface area contributed by atoms with Crippen LogP contribution in [0.5, 0.6) is 11.8 Å². The number of benzene rings is 2. The molecule has 5 aromatic rings. The zero-order valence-electron chi connectivity index (χ0n) is 20.4. The Bertz CT molecular complexity index is 1750. The number of ether oxygens (including phenoxy) is 1. The van der Waals surface area contributed by atoms with Gasteiger partial charge in [0, 0.05) is 36.6 Å². The lowest BCUT2D eigenvalue weighted by Crippen LogP contribution is -2.16. The lowest BCUT2D eigenvalue weighted by Gasteiger charge is -2.22. The Labute approximate surface area is 215 Å². The van der Waals surface area contributed by atoms with Crippen LogP contribution in [0.2, 0.25) is 0 Å². The normalized spacial score (nSPS) is 12.7. The summed E-state index contributed by atoms with van der Waals surface area (Å²) >= 11 is 0. The van der Waals surface area contributed by atoms with Gasteiger partial charge in [-0.3, -0.25) is 10.1 Å². The molecule has 0 atom stereocenters. The molecule has 0 aliphatic carbocycles. The van der Waals surface area contributed by atoms with Crippen LogP contribution < -0.4 is 15.4 Å². The minimum absolute atomic E-state index is 0.0174. The fourth-order valence-electron chi connectivity index (χ4n) is 4.90. The molecule has 38 heavy (non-hydrogen) atoms. The van der Waals surface area contributed by atoms with Gasteiger partial charge in [0.2, 0.25) is 0 Å². The van der Waals surface area contributed by atoms with E-state index in [2.05, 4.69) is 19.9 Å². The fourth-order valence-corrected chi connectivity index (χ4v) is 4.90. The number of fused-ring (bicyclic) bond motifs is 3. The molecule has 11 nitrogen and oxygen atoms in total. The molecule has 0 saturated heterocycles. The molecule has 0 saturated carbocycles. The molecule has 3 aromatic heterocycles. The van der Waals surface area contributed by atoms with Crippen molar-refractivity contribution in [3.8, 4) is 22.9 Å². The highest BCUT2D eigenvalue weighted by atomic mass is 19.1. The molecule has 1 aliphatic rings. The summed E-state index contributed by atoms with van der Waals surface area (Å²) in [6.45, 7) is 4.59. The van der Waals surface area contributed by atoms with Gasteiger partial charge in [-0.05, 0) is 43.7 Å². The van der Waals surface area contributed by atoms with Crippen LogP contribution in [-0.2, 0) is 6.54 Å². The van der Waals surface area contributed by atoms with Crippen LogP contribution in [-0.4, -0.2) is 36.0 Å². The van der Waals surface area contributed by atoms with Gasteiger partial charge in [-0.2, -0.15) is 0 Å². The number of nitrogens with two attached hydrogens (primary N) is 1. The summed E-state index contributed by atoms with van der Waals surface area (Å²) in [5.74, 6) is 0.296. The quantitative estimate of drug-likeness (QED) is 0.252. The third-order valence-corrected chi connectivity index (χ3v) is 6.60. The zero-order valence-corrected chi connectivity index (χ0v) is 20.4. The van der Waals surface area contributed by atoms with E-state index in [0.29, 0.717) is 58.0 Å². The summed E-state index contributed by atoms with van der Waals surface area (Å²) in [7, 11) is 0. The number of nitro groups is 1. The van der Waals surface area contributed by atoms with Crippen molar-refractivity contribution >= 4 is 34.0 Å². The minimum atomic E-state index is -0.618. The van der Waals surface area contributed by atoms with Crippen molar-refractivity contribution in [2.45, 2.75) is 20.4 Å². The van der Waals surface area contributed by atoms with Crippen LogP contribution in [0.3, 0.4) is 0 Å². The van der Waals surface area contributed by atoms with Gasteiger partial charge in [-0.1, -0.05) is 12.1 Å². The first-order chi connectivity index (χ1) is 18.3. The van der Waals surface area contributed by atoms with E-state index in [1.54, 1.807) is 32.0 Å². The van der Waals surface area contributed by atoms with Gasteiger partial charge in [0.15, 0.2) is 11.6 Å². The summed E-state index contributed by atoms with van der Waals surface area (Å²) < 4.78 is 22.9. The second-order valence-corrected chi connectivity index (χ2v) is 8.87. The van der Waals surface area contributed by atoms with Crippen molar-refractivity contribution in [3.05, 3.63) is 82.2 Å². The van der Waals surface area contributed by atoms with E-state index in [-0.39, 0.29) is 23.3 Å². The highest BCUT2D eigenvalue weighted by Crippen LogP contribution is 2.48. The average Bonchev–Trinajstić information content (AvgIpc) is 3.45. The summed E-state index contributed by atoms with van der Waals surface area (Å²) in [6.07, 6.45) is 2.92. The van der Waals surface area contributed by atoms with Crippen LogP contribution in [0.1, 0.15) is 11.3 Å².